The number of carbonyl (C=O) groups excluding carboxylic acids is 1. The van der Waals surface area contributed by atoms with E-state index in [0.717, 1.165) is 44.3 Å². The van der Waals surface area contributed by atoms with Crippen LogP contribution in [-0.2, 0) is 4.74 Å². The summed E-state index contributed by atoms with van der Waals surface area (Å²) in [7, 11) is 0. The number of hydrogen-bond donors (Lipinski definition) is 1. The van der Waals surface area contributed by atoms with E-state index < -0.39 is 5.60 Å². The van der Waals surface area contributed by atoms with E-state index in [2.05, 4.69) is 32.0 Å². The molecule has 0 spiro atoms. The number of aromatic nitrogens is 4. The zero-order chi connectivity index (χ0) is 25.2. The number of carbonyl (C=O) groups is 1. The molecule has 1 fully saturated rings. The van der Waals surface area contributed by atoms with Crippen LogP contribution in [0.2, 0.25) is 5.02 Å². The third kappa shape index (κ3) is 3.69. The van der Waals surface area contributed by atoms with Crippen LogP contribution in [0.3, 0.4) is 0 Å². The van der Waals surface area contributed by atoms with Crippen LogP contribution in [0.5, 0.6) is 5.75 Å². The normalized spacial score (nSPS) is 17.6. The van der Waals surface area contributed by atoms with Gasteiger partial charge in [0, 0.05) is 30.6 Å². The third-order valence-electron chi connectivity index (χ3n) is 6.73. The molecule has 0 saturated carbocycles. The number of aromatic amines is 1. The SMILES string of the molecule is Cc1ccc2[nH]ncc2c1-c1cc2ncnc3c2c(c1Cl)OC[C@@H]1CN(C(=O)OC(C)(C)C)CCN31. The fraction of sp³-hybridized carbons (Fsp3) is 0.385. The molecule has 2 aliphatic heterocycles. The molecule has 36 heavy (non-hydrogen) atoms. The van der Waals surface area contributed by atoms with Crippen molar-refractivity contribution in [2.24, 2.45) is 0 Å². The fourth-order valence-corrected chi connectivity index (χ4v) is 5.41. The van der Waals surface area contributed by atoms with Gasteiger partial charge in [-0.05, 0) is 51.0 Å². The summed E-state index contributed by atoms with van der Waals surface area (Å²) in [5, 5.41) is 9.54. The van der Waals surface area contributed by atoms with Gasteiger partial charge in [0.25, 0.3) is 0 Å². The lowest BCUT2D eigenvalue weighted by Gasteiger charge is -2.41. The van der Waals surface area contributed by atoms with Crippen LogP contribution >= 0.6 is 11.6 Å². The Morgan fingerprint density at radius 1 is 1.25 bits per heavy atom. The molecule has 6 rings (SSSR count). The Hall–Kier alpha value is -3.59. The van der Waals surface area contributed by atoms with Crippen molar-refractivity contribution >= 4 is 45.3 Å². The number of hydrogen-bond acceptors (Lipinski definition) is 7. The van der Waals surface area contributed by atoms with E-state index >= 15 is 0 Å². The molecule has 0 aliphatic carbocycles. The van der Waals surface area contributed by atoms with Gasteiger partial charge in [-0.15, -0.1) is 0 Å². The molecule has 2 aromatic heterocycles. The van der Waals surface area contributed by atoms with Crippen molar-refractivity contribution in [1.82, 2.24) is 25.1 Å². The van der Waals surface area contributed by atoms with Gasteiger partial charge in [0.05, 0.1) is 33.7 Å². The summed E-state index contributed by atoms with van der Waals surface area (Å²) in [5.74, 6) is 1.34. The smallest absolute Gasteiger partial charge is 0.410 e. The molecule has 1 amide bonds. The number of piperazine rings is 1. The van der Waals surface area contributed by atoms with Crippen LogP contribution in [0, 0.1) is 6.92 Å². The van der Waals surface area contributed by atoms with Gasteiger partial charge in [0.15, 0.2) is 5.75 Å². The van der Waals surface area contributed by atoms with Gasteiger partial charge in [0.1, 0.15) is 24.4 Å². The van der Waals surface area contributed by atoms with Crippen LogP contribution in [-0.4, -0.2) is 69.0 Å². The molecule has 9 nitrogen and oxygen atoms in total. The summed E-state index contributed by atoms with van der Waals surface area (Å²) in [4.78, 5) is 25.9. The summed E-state index contributed by atoms with van der Waals surface area (Å²) >= 11 is 7.08. The second kappa shape index (κ2) is 8.23. The van der Waals surface area contributed by atoms with E-state index in [1.165, 1.54) is 0 Å². The van der Waals surface area contributed by atoms with E-state index in [-0.39, 0.29) is 12.1 Å². The van der Waals surface area contributed by atoms with Crippen molar-refractivity contribution < 1.29 is 14.3 Å². The lowest BCUT2D eigenvalue weighted by molar-refractivity contribution is 0.0202. The summed E-state index contributed by atoms with van der Waals surface area (Å²) in [6.45, 7) is 9.61. The number of fused-ring (bicyclic) bond motifs is 3. The van der Waals surface area contributed by atoms with Crippen LogP contribution in [0.15, 0.2) is 30.7 Å². The number of benzene rings is 2. The molecule has 1 atom stereocenters. The maximum atomic E-state index is 12.7. The highest BCUT2D eigenvalue weighted by Gasteiger charge is 2.37. The molecule has 4 heterocycles. The van der Waals surface area contributed by atoms with Crippen molar-refractivity contribution in [3.8, 4) is 16.9 Å². The Bertz CT molecular complexity index is 1510. The highest BCUT2D eigenvalue weighted by atomic mass is 35.5. The maximum Gasteiger partial charge on any atom is 0.410 e. The van der Waals surface area contributed by atoms with Crippen LogP contribution in [0.25, 0.3) is 32.9 Å². The Morgan fingerprint density at radius 2 is 2.08 bits per heavy atom. The van der Waals surface area contributed by atoms with Crippen molar-refractivity contribution in [1.29, 1.82) is 0 Å². The zero-order valence-electron chi connectivity index (χ0n) is 20.6. The number of aryl methyl sites for hydroxylation is 1. The molecular formula is C26H27ClN6O3. The quantitative estimate of drug-likeness (QED) is 0.390. The van der Waals surface area contributed by atoms with Crippen molar-refractivity contribution in [3.05, 3.63) is 41.3 Å². The lowest BCUT2D eigenvalue weighted by atomic mass is 9.95. The number of nitrogens with one attached hydrogen (secondary N) is 1. The first-order valence-electron chi connectivity index (χ1n) is 12.0. The van der Waals surface area contributed by atoms with E-state index in [1.807, 2.05) is 45.2 Å². The average molecular weight is 507 g/mol. The van der Waals surface area contributed by atoms with Gasteiger partial charge >= 0.3 is 6.09 Å². The number of ether oxygens (including phenoxy) is 2. The number of anilines is 1. The minimum Gasteiger partial charge on any atom is -0.489 e. The van der Waals surface area contributed by atoms with Crippen LogP contribution in [0.4, 0.5) is 10.6 Å². The second-order valence-electron chi connectivity index (χ2n) is 10.3. The first-order chi connectivity index (χ1) is 17.2. The Kier molecular flexibility index (Phi) is 5.22. The van der Waals surface area contributed by atoms with Gasteiger partial charge in [0.2, 0.25) is 0 Å². The van der Waals surface area contributed by atoms with Gasteiger partial charge in [-0.1, -0.05) is 17.7 Å². The topological polar surface area (TPSA) is 96.5 Å². The molecule has 186 valence electrons. The summed E-state index contributed by atoms with van der Waals surface area (Å²) in [5.41, 5.74) is 4.04. The molecule has 1 N–H and O–H groups in total. The number of H-pyrrole nitrogens is 1. The molecule has 0 bridgehead atoms. The molecule has 10 heteroatoms. The van der Waals surface area contributed by atoms with Gasteiger partial charge < -0.3 is 19.3 Å². The second-order valence-corrected chi connectivity index (χ2v) is 10.7. The number of nitrogens with zero attached hydrogens (tertiary/aromatic N) is 5. The molecule has 1 saturated heterocycles. The predicted molar refractivity (Wildman–Crippen MR) is 139 cm³/mol. The zero-order valence-corrected chi connectivity index (χ0v) is 21.4. The van der Waals surface area contributed by atoms with Crippen molar-refractivity contribution in [2.45, 2.75) is 39.3 Å². The molecule has 4 aromatic rings. The number of rotatable bonds is 1. The molecule has 2 aliphatic rings. The first kappa shape index (κ1) is 22.8. The minimum atomic E-state index is -0.552. The van der Waals surface area contributed by atoms with Gasteiger partial charge in [-0.2, -0.15) is 5.10 Å². The Balaban J connectivity index is 1.43. The van der Waals surface area contributed by atoms with Crippen LogP contribution < -0.4 is 9.64 Å². The highest BCUT2D eigenvalue weighted by Crippen LogP contribution is 2.47. The summed E-state index contributed by atoms with van der Waals surface area (Å²) in [6.07, 6.45) is 3.07. The predicted octanol–water partition coefficient (Wildman–Crippen LogP) is 4.95. The van der Waals surface area contributed by atoms with Gasteiger partial charge in [-0.3, -0.25) is 5.10 Å². The molecular weight excluding hydrogens is 480 g/mol. The van der Waals surface area contributed by atoms with Crippen molar-refractivity contribution in [2.75, 3.05) is 31.1 Å². The van der Waals surface area contributed by atoms with E-state index in [1.54, 1.807) is 11.2 Å². The Labute approximate surface area is 213 Å². The number of halogens is 1. The lowest BCUT2D eigenvalue weighted by Crippen LogP contribution is -2.57. The standard InChI is InChI=1S/C26H27ClN6O3/c1-14-5-6-18-17(10-30-31-18)20(14)16-9-19-21-23(22(16)27)35-12-15-11-32(25(34)36-26(2,3)4)7-8-33(15)24(21)29-13-28-19/h5-6,9-10,13,15H,7-8,11-12H2,1-4H3,(H,30,31)/t15-/m0/s1. The van der Waals surface area contributed by atoms with E-state index in [0.29, 0.717) is 37.0 Å². The summed E-state index contributed by atoms with van der Waals surface area (Å²) in [6, 6.07) is 5.96. The van der Waals surface area contributed by atoms with Crippen molar-refractivity contribution in [3.63, 3.8) is 0 Å². The van der Waals surface area contributed by atoms with E-state index in [9.17, 15) is 4.79 Å². The monoisotopic (exact) mass is 506 g/mol. The van der Waals surface area contributed by atoms with E-state index in [4.69, 9.17) is 21.1 Å². The fourth-order valence-electron chi connectivity index (χ4n) is 5.12. The maximum absolute atomic E-state index is 12.7. The largest absolute Gasteiger partial charge is 0.489 e. The first-order valence-corrected chi connectivity index (χ1v) is 12.4. The Morgan fingerprint density at radius 3 is 2.89 bits per heavy atom. The minimum absolute atomic E-state index is 0.102. The summed E-state index contributed by atoms with van der Waals surface area (Å²) < 4.78 is 12.0. The average Bonchev–Trinajstić information content (AvgIpc) is 3.24. The molecule has 0 radical (unpaired) electrons. The molecule has 2 aromatic carbocycles. The highest BCUT2D eigenvalue weighted by molar-refractivity contribution is 6.37. The molecule has 0 unspecified atom stereocenters. The van der Waals surface area contributed by atoms with Gasteiger partial charge in [-0.25, -0.2) is 14.8 Å². The number of amides is 1. The third-order valence-corrected chi connectivity index (χ3v) is 7.10. The van der Waals surface area contributed by atoms with Crippen LogP contribution in [0.1, 0.15) is 26.3 Å².